The topological polar surface area (TPSA) is 162 Å². The lowest BCUT2D eigenvalue weighted by molar-refractivity contribution is -0.143. The lowest BCUT2D eigenvalue weighted by atomic mass is 10.1. The molecule has 4 N–H and O–H groups in total. The number of carboxylic acids is 4. The molecule has 0 aliphatic carbocycles. The van der Waals surface area contributed by atoms with E-state index in [2.05, 4.69) is 0 Å². The van der Waals surface area contributed by atoms with Crippen molar-refractivity contribution in [3.8, 4) is 0 Å². The first kappa shape index (κ1) is 27.8. The molecule has 1 aliphatic rings. The number of rotatable bonds is 8. The fraction of sp³-hybridized carbons (Fsp3) is 0.800. The van der Waals surface area contributed by atoms with E-state index >= 15 is 0 Å². The maximum Gasteiger partial charge on any atom is 0.317 e. The minimum absolute atomic E-state index is 0.262. The van der Waals surface area contributed by atoms with Crippen LogP contribution >= 0.6 is 0 Å². The van der Waals surface area contributed by atoms with Crippen LogP contribution in [0, 0.1) is 0 Å². The van der Waals surface area contributed by atoms with Crippen molar-refractivity contribution < 1.29 is 39.6 Å². The number of carbonyl (C=O) groups is 4. The van der Waals surface area contributed by atoms with Crippen molar-refractivity contribution in [3.63, 3.8) is 0 Å². The Bertz CT molecular complexity index is 564. The van der Waals surface area contributed by atoms with Gasteiger partial charge in [0.2, 0.25) is 0 Å². The van der Waals surface area contributed by atoms with Crippen molar-refractivity contribution in [1.29, 1.82) is 0 Å². The van der Waals surface area contributed by atoms with Crippen molar-refractivity contribution in [2.24, 2.45) is 0 Å². The minimum atomic E-state index is -1.03. The Balaban J connectivity index is 3.34. The Labute approximate surface area is 188 Å². The molecule has 0 saturated carbocycles. The summed E-state index contributed by atoms with van der Waals surface area (Å²) in [4.78, 5) is 52.7. The van der Waals surface area contributed by atoms with Crippen molar-refractivity contribution >= 4 is 23.9 Å². The van der Waals surface area contributed by atoms with Gasteiger partial charge in [0, 0.05) is 50.3 Å². The van der Waals surface area contributed by atoms with Crippen LogP contribution < -0.4 is 0 Å². The number of hydrogen-bond acceptors (Lipinski definition) is 8. The van der Waals surface area contributed by atoms with E-state index in [9.17, 15) is 39.6 Å². The third kappa shape index (κ3) is 9.47. The first-order valence-corrected chi connectivity index (χ1v) is 10.6. The third-order valence-corrected chi connectivity index (χ3v) is 5.84. The normalized spacial score (nSPS) is 27.9. The second kappa shape index (κ2) is 12.7. The van der Waals surface area contributed by atoms with Crippen LogP contribution in [-0.2, 0) is 19.2 Å². The smallest absolute Gasteiger partial charge is 0.317 e. The van der Waals surface area contributed by atoms with Gasteiger partial charge in [-0.25, -0.2) is 0 Å². The summed E-state index contributed by atoms with van der Waals surface area (Å²) in [7, 11) is 0. The Morgan fingerprint density at radius 1 is 0.500 bits per heavy atom. The van der Waals surface area contributed by atoms with Gasteiger partial charge in [0.05, 0.1) is 26.2 Å². The molecule has 4 unspecified atom stereocenters. The third-order valence-electron chi connectivity index (χ3n) is 5.84. The van der Waals surface area contributed by atoms with Crippen LogP contribution in [0.4, 0.5) is 0 Å². The monoisotopic (exact) mass is 460 g/mol. The molecule has 0 radical (unpaired) electrons. The van der Waals surface area contributed by atoms with Gasteiger partial charge in [-0.1, -0.05) is 0 Å². The number of aliphatic carboxylic acids is 4. The van der Waals surface area contributed by atoms with Gasteiger partial charge in [0.15, 0.2) is 0 Å². The minimum Gasteiger partial charge on any atom is -0.480 e. The largest absolute Gasteiger partial charge is 0.480 e. The second-order valence-corrected chi connectivity index (χ2v) is 8.69. The molecule has 4 atom stereocenters. The van der Waals surface area contributed by atoms with Gasteiger partial charge >= 0.3 is 23.9 Å². The van der Waals surface area contributed by atoms with E-state index in [-0.39, 0.29) is 76.5 Å². The summed E-state index contributed by atoms with van der Waals surface area (Å²) in [5.74, 6) is -4.11. The zero-order valence-corrected chi connectivity index (χ0v) is 19.2. The molecule has 1 rings (SSSR count). The quantitative estimate of drug-likeness (QED) is 0.354. The Hall–Kier alpha value is -2.28. The van der Waals surface area contributed by atoms with E-state index in [1.807, 2.05) is 27.7 Å². The predicted molar refractivity (Wildman–Crippen MR) is 115 cm³/mol. The lowest BCUT2D eigenvalue weighted by Crippen LogP contribution is -2.58. The maximum absolute atomic E-state index is 11.5. The van der Waals surface area contributed by atoms with E-state index in [0.717, 1.165) is 0 Å². The zero-order chi connectivity index (χ0) is 24.6. The molecule has 0 spiro atoms. The van der Waals surface area contributed by atoms with Crippen molar-refractivity contribution in [1.82, 2.24) is 19.6 Å². The Kier molecular flexibility index (Phi) is 11.0. The predicted octanol–water partition coefficient (Wildman–Crippen LogP) is -0.900. The van der Waals surface area contributed by atoms with Crippen molar-refractivity contribution in [2.45, 2.75) is 51.9 Å². The SMILES string of the molecule is CC1CN(CC(=O)O)C(C)CN(CC(=O)O)C(C)CN(CC(=O)O)C(C)CN1CC(=O)O. The summed E-state index contributed by atoms with van der Waals surface area (Å²) in [5, 5.41) is 37.5. The van der Waals surface area contributed by atoms with Crippen LogP contribution in [0.25, 0.3) is 0 Å². The van der Waals surface area contributed by atoms with E-state index in [0.29, 0.717) is 0 Å². The second-order valence-electron chi connectivity index (χ2n) is 8.69. The van der Waals surface area contributed by atoms with E-state index in [1.54, 1.807) is 19.6 Å². The van der Waals surface area contributed by atoms with Crippen LogP contribution in [0.15, 0.2) is 0 Å². The standard InChI is InChI=1S/C20H36N4O8/c1-13-5-22(10-18(27)28)15(3)7-24(12-20(31)32)16(4)8-23(11-19(29)30)14(2)6-21(13)9-17(25)26/h13-16H,5-12H2,1-4H3,(H,25,26)(H,27,28)(H,29,30)(H,31,32). The average molecular weight is 461 g/mol. The van der Waals surface area contributed by atoms with Gasteiger partial charge < -0.3 is 20.4 Å². The highest BCUT2D eigenvalue weighted by Crippen LogP contribution is 2.15. The highest BCUT2D eigenvalue weighted by molar-refractivity contribution is 5.70. The van der Waals surface area contributed by atoms with Crippen molar-refractivity contribution in [3.05, 3.63) is 0 Å². The van der Waals surface area contributed by atoms with Gasteiger partial charge in [0.1, 0.15) is 0 Å². The molecule has 32 heavy (non-hydrogen) atoms. The molecule has 0 aromatic heterocycles. The highest BCUT2D eigenvalue weighted by Gasteiger charge is 2.31. The van der Waals surface area contributed by atoms with Gasteiger partial charge in [-0.2, -0.15) is 0 Å². The van der Waals surface area contributed by atoms with Crippen LogP contribution in [0.3, 0.4) is 0 Å². The molecule has 184 valence electrons. The Morgan fingerprint density at radius 2 is 0.656 bits per heavy atom. The molecule has 1 heterocycles. The fourth-order valence-electron chi connectivity index (χ4n) is 4.12. The number of nitrogens with zero attached hydrogens (tertiary/aromatic N) is 4. The molecular formula is C20H36N4O8. The van der Waals surface area contributed by atoms with E-state index < -0.39 is 23.9 Å². The lowest BCUT2D eigenvalue weighted by Gasteiger charge is -2.42. The number of carboxylic acid groups (broad SMARTS) is 4. The van der Waals surface area contributed by atoms with E-state index in [1.165, 1.54) is 0 Å². The van der Waals surface area contributed by atoms with E-state index in [4.69, 9.17) is 0 Å². The molecule has 12 nitrogen and oxygen atoms in total. The average Bonchev–Trinajstić information content (AvgIpc) is 2.63. The molecule has 0 aromatic carbocycles. The molecule has 0 aromatic rings. The summed E-state index contributed by atoms with van der Waals surface area (Å²) in [6.07, 6.45) is 0. The van der Waals surface area contributed by atoms with Gasteiger partial charge in [-0.3, -0.25) is 38.8 Å². The molecule has 1 aliphatic heterocycles. The molecule has 12 heteroatoms. The van der Waals surface area contributed by atoms with Gasteiger partial charge in [-0.15, -0.1) is 0 Å². The first-order valence-electron chi connectivity index (χ1n) is 10.6. The zero-order valence-electron chi connectivity index (χ0n) is 19.2. The van der Waals surface area contributed by atoms with Crippen LogP contribution in [0.1, 0.15) is 27.7 Å². The van der Waals surface area contributed by atoms with Gasteiger partial charge in [-0.05, 0) is 27.7 Å². The first-order chi connectivity index (χ1) is 14.8. The molecule has 0 bridgehead atoms. The maximum atomic E-state index is 11.5. The summed E-state index contributed by atoms with van der Waals surface area (Å²) >= 11 is 0. The fourth-order valence-corrected chi connectivity index (χ4v) is 4.12. The molecule has 1 fully saturated rings. The summed E-state index contributed by atoms with van der Waals surface area (Å²) in [6, 6.07) is -1.31. The van der Waals surface area contributed by atoms with Gasteiger partial charge in [0.25, 0.3) is 0 Å². The molecule has 0 amide bonds. The van der Waals surface area contributed by atoms with Crippen LogP contribution in [0.2, 0.25) is 0 Å². The van der Waals surface area contributed by atoms with Crippen LogP contribution in [0.5, 0.6) is 0 Å². The highest BCUT2D eigenvalue weighted by atomic mass is 16.4. The summed E-state index contributed by atoms with van der Waals surface area (Å²) in [5.41, 5.74) is 0. The molecular weight excluding hydrogens is 424 g/mol. The number of hydrogen-bond donors (Lipinski definition) is 4. The van der Waals surface area contributed by atoms with Crippen LogP contribution in [-0.4, -0.2) is 140 Å². The summed E-state index contributed by atoms with van der Waals surface area (Å²) < 4.78 is 0. The molecule has 1 saturated heterocycles. The van der Waals surface area contributed by atoms with Crippen molar-refractivity contribution in [2.75, 3.05) is 52.4 Å². The summed E-state index contributed by atoms with van der Waals surface area (Å²) in [6.45, 7) is 7.25. The Morgan fingerprint density at radius 3 is 0.781 bits per heavy atom.